The fourth-order valence-corrected chi connectivity index (χ4v) is 3.64. The summed E-state index contributed by atoms with van der Waals surface area (Å²) in [6.07, 6.45) is 1.55. The van der Waals surface area contributed by atoms with Crippen LogP contribution in [0.3, 0.4) is 0 Å². The summed E-state index contributed by atoms with van der Waals surface area (Å²) in [5.41, 5.74) is 2.04. The monoisotopic (exact) mass is 391 g/mol. The predicted molar refractivity (Wildman–Crippen MR) is 104 cm³/mol. The van der Waals surface area contributed by atoms with Gasteiger partial charge in [0.05, 0.1) is 18.6 Å². The van der Waals surface area contributed by atoms with Gasteiger partial charge in [0.25, 0.3) is 0 Å². The molecule has 1 aliphatic heterocycles. The number of rotatable bonds is 4. The van der Waals surface area contributed by atoms with Gasteiger partial charge in [-0.3, -0.25) is 19.7 Å². The first-order chi connectivity index (χ1) is 13.9. The van der Waals surface area contributed by atoms with E-state index in [4.69, 9.17) is 9.47 Å². The number of carbonyl (C=O) groups excluding carboxylic acids is 2. The quantitative estimate of drug-likeness (QED) is 0.584. The minimum Gasteiger partial charge on any atom is -0.497 e. The first kappa shape index (κ1) is 18.6. The molecule has 0 saturated heterocycles. The van der Waals surface area contributed by atoms with Crippen LogP contribution in [0.25, 0.3) is 5.76 Å². The SMILES string of the molecule is COc1ccc2c(c1)C(=O)C1=C(C2=O)[C@H](C[N+](=O)[O-])C=C(c2cccc(C)c2)O1. The highest BCUT2D eigenvalue weighted by molar-refractivity contribution is 6.27. The normalized spacial score (nSPS) is 17.9. The second-order valence-corrected chi connectivity index (χ2v) is 6.94. The van der Waals surface area contributed by atoms with Crippen LogP contribution in [-0.4, -0.2) is 30.1 Å². The summed E-state index contributed by atoms with van der Waals surface area (Å²) in [6.45, 7) is 1.39. The Kier molecular flexibility index (Phi) is 4.50. The van der Waals surface area contributed by atoms with Gasteiger partial charge < -0.3 is 9.47 Å². The lowest BCUT2D eigenvalue weighted by molar-refractivity contribution is -0.484. The largest absolute Gasteiger partial charge is 0.497 e. The minimum absolute atomic E-state index is 0.0285. The van der Waals surface area contributed by atoms with Crippen molar-refractivity contribution in [2.45, 2.75) is 6.92 Å². The van der Waals surface area contributed by atoms with E-state index in [-0.39, 0.29) is 22.5 Å². The van der Waals surface area contributed by atoms with Crippen molar-refractivity contribution >= 4 is 17.3 Å². The van der Waals surface area contributed by atoms with E-state index in [9.17, 15) is 19.7 Å². The van der Waals surface area contributed by atoms with Crippen molar-refractivity contribution in [2.24, 2.45) is 5.92 Å². The second-order valence-electron chi connectivity index (χ2n) is 6.94. The van der Waals surface area contributed by atoms with Gasteiger partial charge in [-0.05, 0) is 37.3 Å². The van der Waals surface area contributed by atoms with Gasteiger partial charge in [-0.15, -0.1) is 0 Å². The Morgan fingerprint density at radius 2 is 1.90 bits per heavy atom. The lowest BCUT2D eigenvalue weighted by atomic mass is 9.80. The third kappa shape index (κ3) is 3.20. The fraction of sp³-hybridized carbons (Fsp3) is 0.182. The Hall–Kier alpha value is -3.74. The van der Waals surface area contributed by atoms with E-state index < -0.39 is 29.0 Å². The van der Waals surface area contributed by atoms with E-state index in [0.29, 0.717) is 17.1 Å². The van der Waals surface area contributed by atoms with Crippen LogP contribution in [0.5, 0.6) is 5.75 Å². The summed E-state index contributed by atoms with van der Waals surface area (Å²) in [7, 11) is 1.46. The van der Waals surface area contributed by atoms with E-state index in [1.165, 1.54) is 19.2 Å². The van der Waals surface area contributed by atoms with Crippen molar-refractivity contribution in [2.75, 3.05) is 13.7 Å². The van der Waals surface area contributed by atoms with Gasteiger partial charge in [0, 0.05) is 21.6 Å². The van der Waals surface area contributed by atoms with Crippen LogP contribution < -0.4 is 4.74 Å². The summed E-state index contributed by atoms with van der Waals surface area (Å²) in [6, 6.07) is 11.9. The highest BCUT2D eigenvalue weighted by Gasteiger charge is 2.42. The lowest BCUT2D eigenvalue weighted by Gasteiger charge is -2.28. The number of allylic oxidation sites excluding steroid dienone is 1. The van der Waals surface area contributed by atoms with E-state index in [1.54, 1.807) is 18.2 Å². The molecule has 0 bridgehead atoms. The number of ketones is 2. The van der Waals surface area contributed by atoms with E-state index in [2.05, 4.69) is 0 Å². The number of benzene rings is 2. The molecule has 0 fully saturated rings. The van der Waals surface area contributed by atoms with Gasteiger partial charge in [0.15, 0.2) is 11.5 Å². The number of fused-ring (bicyclic) bond motifs is 1. The van der Waals surface area contributed by atoms with Crippen LogP contribution in [0.1, 0.15) is 31.8 Å². The lowest BCUT2D eigenvalue weighted by Crippen LogP contribution is -2.32. The molecule has 0 radical (unpaired) electrons. The number of nitro groups is 1. The third-order valence-electron chi connectivity index (χ3n) is 5.00. The van der Waals surface area contributed by atoms with Crippen molar-refractivity contribution in [3.8, 4) is 5.75 Å². The second kappa shape index (κ2) is 7.01. The highest BCUT2D eigenvalue weighted by Crippen LogP contribution is 2.40. The van der Waals surface area contributed by atoms with Gasteiger partial charge in [-0.25, -0.2) is 0 Å². The molecule has 0 N–H and O–H groups in total. The number of Topliss-reactive ketones (excluding diaryl/α,β-unsaturated/α-hetero) is 2. The molecule has 4 rings (SSSR count). The topological polar surface area (TPSA) is 95.7 Å². The van der Waals surface area contributed by atoms with Gasteiger partial charge >= 0.3 is 0 Å². The van der Waals surface area contributed by atoms with E-state index in [1.807, 2.05) is 25.1 Å². The highest BCUT2D eigenvalue weighted by atomic mass is 16.6. The predicted octanol–water partition coefficient (Wildman–Crippen LogP) is 3.60. The number of nitrogens with zero attached hydrogens (tertiary/aromatic N) is 1. The zero-order valence-electron chi connectivity index (χ0n) is 15.8. The summed E-state index contributed by atoms with van der Waals surface area (Å²) in [4.78, 5) is 37.0. The van der Waals surface area contributed by atoms with Crippen LogP contribution >= 0.6 is 0 Å². The molecule has 146 valence electrons. The zero-order chi connectivity index (χ0) is 20.7. The molecule has 7 heteroatoms. The smallest absolute Gasteiger partial charge is 0.229 e. The average Bonchev–Trinajstić information content (AvgIpc) is 2.70. The van der Waals surface area contributed by atoms with Crippen LogP contribution in [0.2, 0.25) is 0 Å². The molecule has 29 heavy (non-hydrogen) atoms. The fourth-order valence-electron chi connectivity index (χ4n) is 3.64. The first-order valence-corrected chi connectivity index (χ1v) is 8.99. The molecule has 1 heterocycles. The molecule has 0 spiro atoms. The maximum Gasteiger partial charge on any atom is 0.229 e. The zero-order valence-corrected chi connectivity index (χ0v) is 15.8. The number of hydrogen-bond donors (Lipinski definition) is 0. The van der Waals surface area contributed by atoms with Crippen molar-refractivity contribution in [3.63, 3.8) is 0 Å². The van der Waals surface area contributed by atoms with Gasteiger partial charge in [0.1, 0.15) is 11.5 Å². The molecular weight excluding hydrogens is 374 g/mol. The molecule has 0 saturated carbocycles. The molecular formula is C22H17NO6. The molecule has 1 aliphatic carbocycles. The number of ether oxygens (including phenoxy) is 2. The first-order valence-electron chi connectivity index (χ1n) is 8.99. The van der Waals surface area contributed by atoms with Gasteiger partial charge in [-0.2, -0.15) is 0 Å². The number of aryl methyl sites for hydroxylation is 1. The molecule has 7 nitrogen and oxygen atoms in total. The molecule has 1 atom stereocenters. The van der Waals surface area contributed by atoms with Gasteiger partial charge in [0.2, 0.25) is 12.3 Å². The number of carbonyl (C=O) groups is 2. The molecule has 0 aromatic heterocycles. The van der Waals surface area contributed by atoms with Crippen LogP contribution in [0.4, 0.5) is 0 Å². The van der Waals surface area contributed by atoms with Crippen molar-refractivity contribution in [1.29, 1.82) is 0 Å². The summed E-state index contributed by atoms with van der Waals surface area (Å²) >= 11 is 0. The Morgan fingerprint density at radius 3 is 2.59 bits per heavy atom. The van der Waals surface area contributed by atoms with Gasteiger partial charge in [-0.1, -0.05) is 23.8 Å². The Bertz CT molecular complexity index is 1130. The standard InChI is InChI=1S/C22H17NO6/c1-12-4-3-5-13(8-12)18-9-14(11-23(26)27)19-20(24)16-7-6-15(28-2)10-17(16)21(25)22(19)29-18/h3-10,14H,11H2,1-2H3/t14-/m0/s1. The van der Waals surface area contributed by atoms with Crippen LogP contribution in [0, 0.1) is 23.0 Å². The molecule has 0 unspecified atom stereocenters. The van der Waals surface area contributed by atoms with Crippen molar-refractivity contribution < 1.29 is 24.0 Å². The summed E-state index contributed by atoms with van der Waals surface area (Å²) < 4.78 is 11.0. The Balaban J connectivity index is 1.84. The number of hydrogen-bond acceptors (Lipinski definition) is 6. The Morgan fingerprint density at radius 1 is 1.10 bits per heavy atom. The summed E-state index contributed by atoms with van der Waals surface area (Å²) in [5, 5.41) is 11.3. The van der Waals surface area contributed by atoms with Crippen molar-refractivity contribution in [1.82, 2.24) is 0 Å². The Labute approximate surface area is 166 Å². The minimum atomic E-state index is -0.865. The van der Waals surface area contributed by atoms with E-state index >= 15 is 0 Å². The molecule has 2 aromatic rings. The average molecular weight is 391 g/mol. The van der Waals surface area contributed by atoms with Crippen LogP contribution in [-0.2, 0) is 4.74 Å². The van der Waals surface area contributed by atoms with E-state index in [0.717, 1.165) is 5.56 Å². The number of methoxy groups -OCH3 is 1. The molecule has 0 amide bonds. The van der Waals surface area contributed by atoms with Crippen molar-refractivity contribution in [3.05, 3.63) is 92.2 Å². The molecule has 2 aromatic carbocycles. The third-order valence-corrected chi connectivity index (χ3v) is 5.00. The maximum absolute atomic E-state index is 13.2. The molecule has 2 aliphatic rings. The maximum atomic E-state index is 13.2. The summed E-state index contributed by atoms with van der Waals surface area (Å²) in [5.74, 6) is -1.19. The van der Waals surface area contributed by atoms with Crippen LogP contribution in [0.15, 0.2) is 59.9 Å².